The average molecular weight is 249 g/mol. The van der Waals surface area contributed by atoms with Gasteiger partial charge in [-0.15, -0.1) is 0 Å². The molecule has 2 rings (SSSR count). The van der Waals surface area contributed by atoms with Crippen molar-refractivity contribution in [3.05, 3.63) is 24.3 Å². The molecule has 0 amide bonds. The zero-order chi connectivity index (χ0) is 12.8. The summed E-state index contributed by atoms with van der Waals surface area (Å²) in [5.74, 6) is -0.0586. The Morgan fingerprint density at radius 3 is 3.17 bits per heavy atom. The molecule has 1 aromatic rings. The van der Waals surface area contributed by atoms with Gasteiger partial charge >= 0.3 is 5.97 Å². The van der Waals surface area contributed by atoms with Crippen molar-refractivity contribution < 1.29 is 9.53 Å². The topological polar surface area (TPSA) is 55.3 Å². The van der Waals surface area contributed by atoms with Gasteiger partial charge in [0.25, 0.3) is 0 Å². The van der Waals surface area contributed by atoms with Crippen LogP contribution in [0.1, 0.15) is 25.5 Å². The molecule has 0 aliphatic carbocycles. The van der Waals surface area contributed by atoms with E-state index < -0.39 is 0 Å². The van der Waals surface area contributed by atoms with Gasteiger partial charge in [-0.2, -0.15) is 0 Å². The van der Waals surface area contributed by atoms with Gasteiger partial charge in [0.15, 0.2) is 0 Å². The standard InChI is InChI=1S/C13H19N3O2/c1-2-18-13(17)11-4-3-7-16(9-11)10-12-8-14-5-6-15-12/h5-6,8,11H,2-4,7,9-10H2,1H3. The minimum atomic E-state index is -0.0682. The molecule has 0 saturated carbocycles. The Hall–Kier alpha value is -1.49. The quantitative estimate of drug-likeness (QED) is 0.752. The minimum absolute atomic E-state index is 0.00960. The van der Waals surface area contributed by atoms with Crippen molar-refractivity contribution in [3.8, 4) is 0 Å². The van der Waals surface area contributed by atoms with Crippen LogP contribution >= 0.6 is 0 Å². The number of carbonyl (C=O) groups is 1. The number of rotatable bonds is 4. The fraction of sp³-hybridized carbons (Fsp3) is 0.615. The van der Waals surface area contributed by atoms with Crippen LogP contribution in [0.2, 0.25) is 0 Å². The number of aromatic nitrogens is 2. The van der Waals surface area contributed by atoms with E-state index in [0.717, 1.165) is 38.2 Å². The zero-order valence-electron chi connectivity index (χ0n) is 10.7. The Bertz CT molecular complexity index is 383. The van der Waals surface area contributed by atoms with Crippen LogP contribution in [0.4, 0.5) is 0 Å². The van der Waals surface area contributed by atoms with E-state index in [1.807, 2.05) is 6.92 Å². The van der Waals surface area contributed by atoms with Crippen LogP contribution in [-0.2, 0) is 16.1 Å². The minimum Gasteiger partial charge on any atom is -0.466 e. The van der Waals surface area contributed by atoms with Crippen LogP contribution in [0.5, 0.6) is 0 Å². The lowest BCUT2D eigenvalue weighted by Gasteiger charge is -2.30. The summed E-state index contributed by atoms with van der Waals surface area (Å²) in [4.78, 5) is 22.3. The van der Waals surface area contributed by atoms with Crippen LogP contribution in [0.15, 0.2) is 18.6 Å². The molecule has 0 N–H and O–H groups in total. The Labute approximate surface area is 107 Å². The van der Waals surface area contributed by atoms with Crippen molar-refractivity contribution >= 4 is 5.97 Å². The molecule has 1 aliphatic heterocycles. The smallest absolute Gasteiger partial charge is 0.310 e. The van der Waals surface area contributed by atoms with Gasteiger partial charge in [0, 0.05) is 31.7 Å². The summed E-state index contributed by atoms with van der Waals surface area (Å²) in [6, 6.07) is 0. The molecule has 0 aromatic carbocycles. The first-order chi connectivity index (χ1) is 8.79. The second-order valence-electron chi connectivity index (χ2n) is 4.52. The zero-order valence-corrected chi connectivity index (χ0v) is 10.7. The molecule has 1 unspecified atom stereocenters. The van der Waals surface area contributed by atoms with Gasteiger partial charge in [0.1, 0.15) is 0 Å². The molecule has 98 valence electrons. The van der Waals surface area contributed by atoms with Gasteiger partial charge in [0.05, 0.1) is 18.2 Å². The highest BCUT2D eigenvalue weighted by Gasteiger charge is 2.26. The Morgan fingerprint density at radius 2 is 2.44 bits per heavy atom. The van der Waals surface area contributed by atoms with Crippen LogP contribution in [0.25, 0.3) is 0 Å². The molecule has 0 spiro atoms. The van der Waals surface area contributed by atoms with Gasteiger partial charge in [-0.25, -0.2) is 0 Å². The summed E-state index contributed by atoms with van der Waals surface area (Å²) < 4.78 is 5.09. The maximum Gasteiger partial charge on any atom is 0.310 e. The number of hydrogen-bond donors (Lipinski definition) is 0. The lowest BCUT2D eigenvalue weighted by molar-refractivity contribution is -0.150. The number of hydrogen-bond acceptors (Lipinski definition) is 5. The molecule has 1 fully saturated rings. The largest absolute Gasteiger partial charge is 0.466 e. The molecular formula is C13H19N3O2. The monoisotopic (exact) mass is 249 g/mol. The summed E-state index contributed by atoms with van der Waals surface area (Å²) in [7, 11) is 0. The molecule has 1 atom stereocenters. The van der Waals surface area contributed by atoms with Crippen LogP contribution in [-0.4, -0.2) is 40.5 Å². The highest BCUT2D eigenvalue weighted by atomic mass is 16.5. The van der Waals surface area contributed by atoms with E-state index in [9.17, 15) is 4.79 Å². The first-order valence-electron chi connectivity index (χ1n) is 6.43. The van der Waals surface area contributed by atoms with Crippen molar-refractivity contribution in [2.24, 2.45) is 5.92 Å². The predicted octanol–water partition coefficient (Wildman–Crippen LogP) is 1.25. The normalized spacial score (nSPS) is 20.6. The molecular weight excluding hydrogens is 230 g/mol. The number of likely N-dealkylation sites (tertiary alicyclic amines) is 1. The second-order valence-corrected chi connectivity index (χ2v) is 4.52. The van der Waals surface area contributed by atoms with Crippen molar-refractivity contribution in [2.45, 2.75) is 26.3 Å². The maximum atomic E-state index is 11.7. The van der Waals surface area contributed by atoms with E-state index in [4.69, 9.17) is 4.74 Å². The molecule has 1 aliphatic rings. The van der Waals surface area contributed by atoms with Crippen molar-refractivity contribution in [2.75, 3.05) is 19.7 Å². The summed E-state index contributed by atoms with van der Waals surface area (Å²) in [6.45, 7) is 4.82. The number of nitrogens with zero attached hydrogens (tertiary/aromatic N) is 3. The summed E-state index contributed by atoms with van der Waals surface area (Å²) in [5.41, 5.74) is 0.946. The summed E-state index contributed by atoms with van der Waals surface area (Å²) >= 11 is 0. The van der Waals surface area contributed by atoms with Crippen LogP contribution in [0, 0.1) is 5.92 Å². The van der Waals surface area contributed by atoms with Crippen LogP contribution in [0.3, 0.4) is 0 Å². The lowest BCUT2D eigenvalue weighted by Crippen LogP contribution is -2.39. The average Bonchev–Trinajstić information content (AvgIpc) is 2.40. The molecule has 2 heterocycles. The van der Waals surface area contributed by atoms with E-state index in [2.05, 4.69) is 14.9 Å². The molecule has 1 aromatic heterocycles. The maximum absolute atomic E-state index is 11.7. The Balaban J connectivity index is 1.89. The van der Waals surface area contributed by atoms with E-state index in [1.54, 1.807) is 18.6 Å². The van der Waals surface area contributed by atoms with Crippen molar-refractivity contribution in [3.63, 3.8) is 0 Å². The molecule has 0 bridgehead atoms. The molecule has 5 nitrogen and oxygen atoms in total. The number of carbonyl (C=O) groups excluding carboxylic acids is 1. The van der Waals surface area contributed by atoms with E-state index in [0.29, 0.717) is 6.61 Å². The van der Waals surface area contributed by atoms with Gasteiger partial charge < -0.3 is 4.74 Å². The van der Waals surface area contributed by atoms with E-state index in [-0.39, 0.29) is 11.9 Å². The van der Waals surface area contributed by atoms with E-state index >= 15 is 0 Å². The fourth-order valence-corrected chi connectivity index (χ4v) is 2.29. The molecule has 1 saturated heterocycles. The SMILES string of the molecule is CCOC(=O)C1CCCN(Cc2cnccn2)C1. The number of piperidine rings is 1. The molecule has 0 radical (unpaired) electrons. The highest BCUT2D eigenvalue weighted by Crippen LogP contribution is 2.19. The van der Waals surface area contributed by atoms with Gasteiger partial charge in [-0.1, -0.05) is 0 Å². The summed E-state index contributed by atoms with van der Waals surface area (Å²) in [6.07, 6.45) is 7.09. The number of ether oxygens (including phenoxy) is 1. The number of esters is 1. The van der Waals surface area contributed by atoms with Crippen molar-refractivity contribution in [1.29, 1.82) is 0 Å². The van der Waals surface area contributed by atoms with Crippen molar-refractivity contribution in [1.82, 2.24) is 14.9 Å². The highest BCUT2D eigenvalue weighted by molar-refractivity contribution is 5.72. The summed E-state index contributed by atoms with van der Waals surface area (Å²) in [5, 5.41) is 0. The van der Waals surface area contributed by atoms with Crippen LogP contribution < -0.4 is 0 Å². The lowest BCUT2D eigenvalue weighted by atomic mass is 9.98. The van der Waals surface area contributed by atoms with E-state index in [1.165, 1.54) is 0 Å². The molecule has 5 heteroatoms. The Morgan fingerprint density at radius 1 is 1.56 bits per heavy atom. The van der Waals surface area contributed by atoms with Gasteiger partial charge in [0.2, 0.25) is 0 Å². The fourth-order valence-electron chi connectivity index (χ4n) is 2.29. The molecule has 18 heavy (non-hydrogen) atoms. The second kappa shape index (κ2) is 6.44. The third-order valence-corrected chi connectivity index (χ3v) is 3.13. The Kier molecular flexibility index (Phi) is 4.64. The third-order valence-electron chi connectivity index (χ3n) is 3.13. The third kappa shape index (κ3) is 3.50. The first kappa shape index (κ1) is 13.0. The van der Waals surface area contributed by atoms with Gasteiger partial charge in [-0.05, 0) is 26.3 Å². The van der Waals surface area contributed by atoms with Gasteiger partial charge in [-0.3, -0.25) is 19.7 Å². The predicted molar refractivity (Wildman–Crippen MR) is 66.7 cm³/mol. The first-order valence-corrected chi connectivity index (χ1v) is 6.43.